The lowest BCUT2D eigenvalue weighted by Gasteiger charge is -2.20. The largest absolute Gasteiger partial charge is 0.372 e. The standard InChI is InChI=1S/C19H21BrFN3S/c1-13(14-4-7-16(8-5-14)24-10-2-3-11-24)22-19(25)23-18-9-6-15(20)12-17(18)21/h4-9,12-13H,2-3,10-11H2,1H3,(H2,22,23,25)/t13-/m1/s1. The van der Waals surface area contributed by atoms with Crippen LogP contribution in [0.25, 0.3) is 0 Å². The van der Waals surface area contributed by atoms with Crippen LogP contribution in [0.4, 0.5) is 15.8 Å². The molecule has 0 saturated carbocycles. The van der Waals surface area contributed by atoms with Gasteiger partial charge in [0.25, 0.3) is 0 Å². The van der Waals surface area contributed by atoms with Gasteiger partial charge in [-0.05, 0) is 67.9 Å². The van der Waals surface area contributed by atoms with Crippen molar-refractivity contribution in [3.05, 3.63) is 58.3 Å². The second kappa shape index (κ2) is 8.15. The van der Waals surface area contributed by atoms with Gasteiger partial charge in [0, 0.05) is 23.2 Å². The smallest absolute Gasteiger partial charge is 0.171 e. The molecule has 1 saturated heterocycles. The van der Waals surface area contributed by atoms with E-state index in [2.05, 4.69) is 55.7 Å². The minimum atomic E-state index is -0.346. The van der Waals surface area contributed by atoms with Crippen molar-refractivity contribution in [2.45, 2.75) is 25.8 Å². The highest BCUT2D eigenvalue weighted by atomic mass is 79.9. The van der Waals surface area contributed by atoms with Gasteiger partial charge in [-0.15, -0.1) is 0 Å². The van der Waals surface area contributed by atoms with Crippen molar-refractivity contribution in [1.29, 1.82) is 0 Å². The van der Waals surface area contributed by atoms with Gasteiger partial charge in [-0.2, -0.15) is 0 Å². The molecule has 2 aromatic carbocycles. The van der Waals surface area contributed by atoms with Crippen molar-refractivity contribution < 1.29 is 4.39 Å². The number of halogens is 2. The van der Waals surface area contributed by atoms with Crippen LogP contribution in [0.2, 0.25) is 0 Å². The fourth-order valence-corrected chi connectivity index (χ4v) is 3.60. The normalized spacial score (nSPS) is 15.1. The van der Waals surface area contributed by atoms with Crippen LogP contribution in [-0.4, -0.2) is 18.2 Å². The summed E-state index contributed by atoms with van der Waals surface area (Å²) in [7, 11) is 0. The highest BCUT2D eigenvalue weighted by Crippen LogP contribution is 2.23. The molecule has 25 heavy (non-hydrogen) atoms. The van der Waals surface area contributed by atoms with Crippen molar-refractivity contribution in [1.82, 2.24) is 5.32 Å². The maximum Gasteiger partial charge on any atom is 0.171 e. The molecule has 0 aromatic heterocycles. The van der Waals surface area contributed by atoms with E-state index in [0.717, 1.165) is 18.7 Å². The predicted octanol–water partition coefficient (Wildman–Crippen LogP) is 5.24. The summed E-state index contributed by atoms with van der Waals surface area (Å²) in [6.45, 7) is 4.32. The SMILES string of the molecule is C[C@@H](NC(=S)Nc1ccc(Br)cc1F)c1ccc(N2CCCC2)cc1. The lowest BCUT2D eigenvalue weighted by molar-refractivity contribution is 0.631. The molecule has 2 N–H and O–H groups in total. The van der Waals surface area contributed by atoms with Crippen molar-refractivity contribution in [2.75, 3.05) is 23.3 Å². The molecule has 1 heterocycles. The zero-order chi connectivity index (χ0) is 17.8. The third-order valence-corrected chi connectivity index (χ3v) is 5.10. The Morgan fingerprint density at radius 1 is 1.16 bits per heavy atom. The molecule has 3 rings (SSSR count). The molecule has 1 aliphatic heterocycles. The Labute approximate surface area is 161 Å². The number of hydrogen-bond acceptors (Lipinski definition) is 2. The van der Waals surface area contributed by atoms with Gasteiger partial charge in [-0.1, -0.05) is 28.1 Å². The van der Waals surface area contributed by atoms with Crippen LogP contribution < -0.4 is 15.5 Å². The molecule has 1 fully saturated rings. The molecular formula is C19H21BrFN3S. The fourth-order valence-electron chi connectivity index (χ4n) is 2.98. The van der Waals surface area contributed by atoms with E-state index in [1.165, 1.54) is 24.6 Å². The van der Waals surface area contributed by atoms with Crippen LogP contribution in [0.5, 0.6) is 0 Å². The lowest BCUT2D eigenvalue weighted by atomic mass is 10.1. The first-order valence-corrected chi connectivity index (χ1v) is 9.60. The highest BCUT2D eigenvalue weighted by Gasteiger charge is 2.13. The van der Waals surface area contributed by atoms with E-state index in [1.807, 2.05) is 6.92 Å². The zero-order valence-corrected chi connectivity index (χ0v) is 16.5. The minimum absolute atomic E-state index is 0.0335. The van der Waals surface area contributed by atoms with E-state index in [0.29, 0.717) is 15.3 Å². The van der Waals surface area contributed by atoms with E-state index in [4.69, 9.17) is 12.2 Å². The van der Waals surface area contributed by atoms with Gasteiger partial charge in [0.05, 0.1) is 11.7 Å². The summed E-state index contributed by atoms with van der Waals surface area (Å²) in [4.78, 5) is 2.41. The van der Waals surface area contributed by atoms with E-state index in [-0.39, 0.29) is 11.9 Å². The van der Waals surface area contributed by atoms with Gasteiger partial charge >= 0.3 is 0 Å². The Kier molecular flexibility index (Phi) is 5.91. The molecule has 132 valence electrons. The van der Waals surface area contributed by atoms with Crippen molar-refractivity contribution in [2.24, 2.45) is 0 Å². The average molecular weight is 422 g/mol. The number of rotatable bonds is 4. The average Bonchev–Trinajstić information content (AvgIpc) is 3.12. The molecule has 0 radical (unpaired) electrons. The van der Waals surface area contributed by atoms with E-state index >= 15 is 0 Å². The number of anilines is 2. The van der Waals surface area contributed by atoms with Crippen molar-refractivity contribution >= 4 is 44.6 Å². The molecule has 1 aliphatic rings. The summed E-state index contributed by atoms with van der Waals surface area (Å²) in [5, 5.41) is 6.51. The van der Waals surface area contributed by atoms with Gasteiger partial charge in [0.1, 0.15) is 5.82 Å². The van der Waals surface area contributed by atoms with Crippen LogP contribution in [0, 0.1) is 5.82 Å². The Hall–Kier alpha value is -1.66. The molecule has 1 atom stereocenters. The molecule has 2 aromatic rings. The number of thiocarbonyl (C=S) groups is 1. The van der Waals surface area contributed by atoms with E-state index in [1.54, 1.807) is 12.1 Å². The van der Waals surface area contributed by atoms with Gasteiger partial charge in [0.2, 0.25) is 0 Å². The van der Waals surface area contributed by atoms with Crippen LogP contribution in [-0.2, 0) is 0 Å². The summed E-state index contributed by atoms with van der Waals surface area (Å²) in [6, 6.07) is 13.4. The van der Waals surface area contributed by atoms with Gasteiger partial charge in [-0.25, -0.2) is 4.39 Å². The molecule has 0 spiro atoms. The Bertz CT molecular complexity index is 745. The predicted molar refractivity (Wildman–Crippen MR) is 110 cm³/mol. The first-order valence-electron chi connectivity index (χ1n) is 8.40. The topological polar surface area (TPSA) is 27.3 Å². The number of nitrogens with zero attached hydrogens (tertiary/aromatic N) is 1. The van der Waals surface area contributed by atoms with Crippen molar-refractivity contribution in [3.8, 4) is 0 Å². The van der Waals surface area contributed by atoms with Crippen LogP contribution >= 0.6 is 28.1 Å². The van der Waals surface area contributed by atoms with Crippen LogP contribution in [0.15, 0.2) is 46.9 Å². The van der Waals surface area contributed by atoms with Crippen LogP contribution in [0.1, 0.15) is 31.4 Å². The molecule has 3 nitrogen and oxygen atoms in total. The second-order valence-corrected chi connectivity index (χ2v) is 7.55. The minimum Gasteiger partial charge on any atom is -0.372 e. The lowest BCUT2D eigenvalue weighted by Crippen LogP contribution is -2.31. The number of nitrogens with one attached hydrogen (secondary N) is 2. The highest BCUT2D eigenvalue weighted by molar-refractivity contribution is 9.10. The third-order valence-electron chi connectivity index (χ3n) is 4.39. The number of benzene rings is 2. The molecule has 0 unspecified atom stereocenters. The van der Waals surface area contributed by atoms with Gasteiger partial charge in [-0.3, -0.25) is 0 Å². The van der Waals surface area contributed by atoms with Crippen molar-refractivity contribution in [3.63, 3.8) is 0 Å². The molecule has 0 aliphatic carbocycles. The van der Waals surface area contributed by atoms with Crippen LogP contribution in [0.3, 0.4) is 0 Å². The molecule has 0 bridgehead atoms. The zero-order valence-electron chi connectivity index (χ0n) is 14.1. The van der Waals surface area contributed by atoms with E-state index in [9.17, 15) is 4.39 Å². The number of hydrogen-bond donors (Lipinski definition) is 2. The second-order valence-electron chi connectivity index (χ2n) is 6.23. The fraction of sp³-hybridized carbons (Fsp3) is 0.316. The quantitative estimate of drug-likeness (QED) is 0.660. The Morgan fingerprint density at radius 2 is 1.84 bits per heavy atom. The summed E-state index contributed by atoms with van der Waals surface area (Å²) in [5.74, 6) is -0.346. The van der Waals surface area contributed by atoms with E-state index < -0.39 is 0 Å². The maximum absolute atomic E-state index is 13.9. The summed E-state index contributed by atoms with van der Waals surface area (Å²) < 4.78 is 14.6. The maximum atomic E-state index is 13.9. The summed E-state index contributed by atoms with van der Waals surface area (Å²) >= 11 is 8.55. The van der Waals surface area contributed by atoms with Gasteiger partial charge in [0.15, 0.2) is 5.11 Å². The summed E-state index contributed by atoms with van der Waals surface area (Å²) in [6.07, 6.45) is 2.54. The molecule has 0 amide bonds. The molecule has 6 heteroatoms. The molecular weight excluding hydrogens is 401 g/mol. The monoisotopic (exact) mass is 421 g/mol. The Balaban J connectivity index is 1.59. The summed E-state index contributed by atoms with van der Waals surface area (Å²) in [5.41, 5.74) is 2.77. The van der Waals surface area contributed by atoms with Gasteiger partial charge < -0.3 is 15.5 Å². The Morgan fingerprint density at radius 3 is 2.48 bits per heavy atom. The first-order chi connectivity index (χ1) is 12.0. The third kappa shape index (κ3) is 4.70. The first kappa shape index (κ1) is 18.1.